The molecule has 0 saturated heterocycles. The van der Waals surface area contributed by atoms with E-state index in [0.29, 0.717) is 0 Å². The van der Waals surface area contributed by atoms with Gasteiger partial charge >= 0.3 is 0 Å². The number of hydrogen-bond acceptors (Lipinski definition) is 1. The van der Waals surface area contributed by atoms with Crippen LogP contribution in [0.1, 0.15) is 18.1 Å². The Balaban J connectivity index is 2.83. The number of allylic oxidation sites excluding steroid dienone is 1. The number of halogens is 1. The van der Waals surface area contributed by atoms with Gasteiger partial charge in [0.25, 0.3) is 0 Å². The second kappa shape index (κ2) is 4.83. The average molecular weight is 195 g/mol. The third kappa shape index (κ3) is 3.43. The summed E-state index contributed by atoms with van der Waals surface area (Å²) in [6.45, 7) is 2.09. The lowest BCUT2D eigenvalue weighted by molar-refractivity contribution is -0.107. The van der Waals surface area contributed by atoms with Crippen molar-refractivity contribution in [1.82, 2.24) is 0 Å². The lowest BCUT2D eigenvalue weighted by Crippen LogP contribution is -1.81. The van der Waals surface area contributed by atoms with Crippen LogP contribution in [0.3, 0.4) is 0 Å². The van der Waals surface area contributed by atoms with Crippen LogP contribution in [0, 0.1) is 0 Å². The molecular formula is C11H11ClO. The first-order chi connectivity index (χ1) is 6.22. The van der Waals surface area contributed by atoms with Crippen molar-refractivity contribution in [3.05, 3.63) is 41.5 Å². The van der Waals surface area contributed by atoms with E-state index in [-0.39, 0.29) is 0 Å². The summed E-state index contributed by atoms with van der Waals surface area (Å²) < 4.78 is 0. The Morgan fingerprint density at radius 1 is 1.54 bits per heavy atom. The highest BCUT2D eigenvalue weighted by molar-refractivity contribution is 6.66. The van der Waals surface area contributed by atoms with Crippen molar-refractivity contribution in [3.63, 3.8) is 0 Å². The van der Waals surface area contributed by atoms with Crippen LogP contribution in [0.4, 0.5) is 0 Å². The van der Waals surface area contributed by atoms with Gasteiger partial charge in [-0.2, -0.15) is 0 Å². The van der Waals surface area contributed by atoms with E-state index in [1.807, 2.05) is 18.2 Å². The molecule has 0 aliphatic heterocycles. The van der Waals surface area contributed by atoms with Crippen LogP contribution in [-0.2, 0) is 11.2 Å². The lowest BCUT2D eigenvalue weighted by atomic mass is 10.1. The standard InChI is InChI=1S/C11H11ClO/c1-2-9-4-3-5-10(8-9)6-7-11(12)13/h3-8H,2H2,1H3. The smallest absolute Gasteiger partial charge is 0.245 e. The summed E-state index contributed by atoms with van der Waals surface area (Å²) >= 11 is 5.18. The van der Waals surface area contributed by atoms with Crippen LogP contribution in [0.5, 0.6) is 0 Å². The molecule has 1 aromatic carbocycles. The summed E-state index contributed by atoms with van der Waals surface area (Å²) in [5.74, 6) is 0. The van der Waals surface area contributed by atoms with E-state index in [4.69, 9.17) is 11.6 Å². The molecule has 0 N–H and O–H groups in total. The Kier molecular flexibility index (Phi) is 3.71. The van der Waals surface area contributed by atoms with Gasteiger partial charge in [-0.05, 0) is 35.2 Å². The molecule has 0 fully saturated rings. The fourth-order valence-electron chi connectivity index (χ4n) is 1.08. The lowest BCUT2D eigenvalue weighted by Gasteiger charge is -1.97. The number of carbonyl (C=O) groups is 1. The maximum absolute atomic E-state index is 10.5. The molecule has 0 aliphatic rings. The minimum atomic E-state index is -0.443. The summed E-state index contributed by atoms with van der Waals surface area (Å²) in [7, 11) is 0. The maximum Gasteiger partial charge on any atom is 0.245 e. The van der Waals surface area contributed by atoms with E-state index in [9.17, 15) is 4.79 Å². The molecule has 0 aromatic heterocycles. The molecule has 0 bridgehead atoms. The van der Waals surface area contributed by atoms with E-state index in [1.54, 1.807) is 6.08 Å². The molecule has 13 heavy (non-hydrogen) atoms. The van der Waals surface area contributed by atoms with Gasteiger partial charge in [0.2, 0.25) is 5.24 Å². The van der Waals surface area contributed by atoms with E-state index in [0.717, 1.165) is 12.0 Å². The van der Waals surface area contributed by atoms with Crippen LogP contribution in [0.25, 0.3) is 6.08 Å². The molecule has 0 heterocycles. The Hall–Kier alpha value is -1.08. The molecule has 0 radical (unpaired) electrons. The predicted octanol–water partition coefficient (Wildman–Crippen LogP) is 3.03. The molecule has 0 aliphatic carbocycles. The number of hydrogen-bond donors (Lipinski definition) is 0. The molecule has 68 valence electrons. The number of carbonyl (C=O) groups excluding carboxylic acids is 1. The van der Waals surface area contributed by atoms with Crippen LogP contribution in [0.15, 0.2) is 30.3 Å². The fraction of sp³-hybridized carbons (Fsp3) is 0.182. The van der Waals surface area contributed by atoms with Crippen molar-refractivity contribution in [2.24, 2.45) is 0 Å². The molecule has 0 spiro atoms. The van der Waals surface area contributed by atoms with Crippen molar-refractivity contribution in [3.8, 4) is 0 Å². The molecule has 1 aromatic rings. The maximum atomic E-state index is 10.5. The predicted molar refractivity (Wildman–Crippen MR) is 55.7 cm³/mol. The number of benzene rings is 1. The van der Waals surface area contributed by atoms with E-state index in [2.05, 4.69) is 13.0 Å². The molecule has 0 atom stereocenters. The van der Waals surface area contributed by atoms with Crippen LogP contribution < -0.4 is 0 Å². The Morgan fingerprint density at radius 2 is 2.31 bits per heavy atom. The molecule has 0 saturated carbocycles. The van der Waals surface area contributed by atoms with Crippen molar-refractivity contribution in [2.75, 3.05) is 0 Å². The average Bonchev–Trinajstić information content (AvgIpc) is 2.15. The molecule has 1 rings (SSSR count). The first kappa shape index (κ1) is 10.0. The molecule has 0 amide bonds. The minimum Gasteiger partial charge on any atom is -0.276 e. The van der Waals surface area contributed by atoms with Gasteiger partial charge in [-0.1, -0.05) is 37.3 Å². The monoisotopic (exact) mass is 194 g/mol. The zero-order valence-corrected chi connectivity index (χ0v) is 8.21. The zero-order chi connectivity index (χ0) is 9.68. The van der Waals surface area contributed by atoms with Gasteiger partial charge < -0.3 is 0 Å². The minimum absolute atomic E-state index is 0.443. The van der Waals surface area contributed by atoms with Crippen LogP contribution >= 0.6 is 11.6 Å². The Morgan fingerprint density at radius 3 is 2.92 bits per heavy atom. The van der Waals surface area contributed by atoms with Gasteiger partial charge in [0.05, 0.1) is 0 Å². The summed E-state index contributed by atoms with van der Waals surface area (Å²) in [5.41, 5.74) is 2.26. The van der Waals surface area contributed by atoms with Crippen molar-refractivity contribution < 1.29 is 4.79 Å². The summed E-state index contributed by atoms with van der Waals surface area (Å²) in [6, 6.07) is 8.00. The summed E-state index contributed by atoms with van der Waals surface area (Å²) in [5, 5.41) is -0.443. The van der Waals surface area contributed by atoms with Gasteiger partial charge in [-0.15, -0.1) is 0 Å². The third-order valence-electron chi connectivity index (χ3n) is 1.77. The zero-order valence-electron chi connectivity index (χ0n) is 7.46. The second-order valence-electron chi connectivity index (χ2n) is 2.74. The van der Waals surface area contributed by atoms with Crippen LogP contribution in [-0.4, -0.2) is 5.24 Å². The normalized spacial score (nSPS) is 10.6. The highest BCUT2D eigenvalue weighted by atomic mass is 35.5. The SMILES string of the molecule is CCc1cccc(C=CC(=O)Cl)c1. The Bertz CT molecular complexity index is 329. The first-order valence-electron chi connectivity index (χ1n) is 4.19. The van der Waals surface area contributed by atoms with Crippen molar-refractivity contribution in [2.45, 2.75) is 13.3 Å². The number of aryl methyl sites for hydroxylation is 1. The molecular weight excluding hydrogens is 184 g/mol. The summed E-state index contributed by atoms with van der Waals surface area (Å²) in [4.78, 5) is 10.5. The van der Waals surface area contributed by atoms with Crippen LogP contribution in [0.2, 0.25) is 0 Å². The van der Waals surface area contributed by atoms with Gasteiger partial charge in [0.1, 0.15) is 0 Å². The molecule has 0 unspecified atom stereocenters. The molecule has 1 nitrogen and oxygen atoms in total. The van der Waals surface area contributed by atoms with Gasteiger partial charge in [0.15, 0.2) is 0 Å². The highest BCUT2D eigenvalue weighted by Gasteiger charge is 1.91. The highest BCUT2D eigenvalue weighted by Crippen LogP contribution is 2.07. The van der Waals surface area contributed by atoms with Gasteiger partial charge in [-0.3, -0.25) is 4.79 Å². The largest absolute Gasteiger partial charge is 0.276 e. The quantitative estimate of drug-likeness (QED) is 0.534. The van der Waals surface area contributed by atoms with E-state index < -0.39 is 5.24 Å². The van der Waals surface area contributed by atoms with Crippen molar-refractivity contribution >= 4 is 22.9 Å². The van der Waals surface area contributed by atoms with Gasteiger partial charge in [0, 0.05) is 0 Å². The Labute approximate surface area is 83.0 Å². The molecule has 2 heteroatoms. The van der Waals surface area contributed by atoms with E-state index in [1.165, 1.54) is 11.6 Å². The topological polar surface area (TPSA) is 17.1 Å². The second-order valence-corrected chi connectivity index (χ2v) is 3.11. The third-order valence-corrected chi connectivity index (χ3v) is 1.89. The van der Waals surface area contributed by atoms with E-state index >= 15 is 0 Å². The van der Waals surface area contributed by atoms with Gasteiger partial charge in [-0.25, -0.2) is 0 Å². The first-order valence-corrected chi connectivity index (χ1v) is 4.56. The van der Waals surface area contributed by atoms with Crippen molar-refractivity contribution in [1.29, 1.82) is 0 Å². The number of rotatable bonds is 3. The summed E-state index contributed by atoms with van der Waals surface area (Å²) in [6.07, 6.45) is 4.07. The fourth-order valence-corrected chi connectivity index (χ4v) is 1.14.